The molecule has 0 spiro atoms. The molecule has 0 amide bonds. The fraction of sp³-hybridized carbons (Fsp3) is 0.100. The van der Waals surface area contributed by atoms with E-state index in [2.05, 4.69) is 15.0 Å². The predicted molar refractivity (Wildman–Crippen MR) is 60.3 cm³/mol. The molecule has 0 saturated heterocycles. The highest BCUT2D eigenvalue weighted by Gasteiger charge is 2.01. The average Bonchev–Trinajstić information content (AvgIpc) is 2.32. The number of rotatable bonds is 3. The third kappa shape index (κ3) is 2.60. The van der Waals surface area contributed by atoms with Crippen LogP contribution in [0.1, 0.15) is 5.69 Å². The second-order valence-electron chi connectivity index (χ2n) is 3.01. The van der Waals surface area contributed by atoms with Gasteiger partial charge in [-0.25, -0.2) is 4.98 Å². The van der Waals surface area contributed by atoms with E-state index in [0.717, 1.165) is 11.9 Å². The highest BCUT2D eigenvalue weighted by molar-refractivity contribution is 7.98. The lowest BCUT2D eigenvalue weighted by atomic mass is 10.4. The lowest BCUT2D eigenvalue weighted by Crippen LogP contribution is -2.07. The molecule has 0 atom stereocenters. The summed E-state index contributed by atoms with van der Waals surface area (Å²) in [6.07, 6.45) is 2.85. The standard InChI is InChI=1S/C10H9N3O2S/c14-8-5-12-10(13-9(8)15)16-6-7-3-1-2-4-11-7/h1-5,14H,6H2,(H,12,13,15). The van der Waals surface area contributed by atoms with Gasteiger partial charge >= 0.3 is 0 Å². The van der Waals surface area contributed by atoms with Crippen molar-refractivity contribution in [3.63, 3.8) is 0 Å². The van der Waals surface area contributed by atoms with Crippen molar-refractivity contribution in [2.75, 3.05) is 0 Å². The first kappa shape index (κ1) is 10.7. The number of aromatic hydroxyl groups is 1. The molecule has 5 nitrogen and oxygen atoms in total. The Balaban J connectivity index is 2.05. The van der Waals surface area contributed by atoms with Crippen LogP contribution < -0.4 is 5.56 Å². The molecular weight excluding hydrogens is 226 g/mol. The van der Waals surface area contributed by atoms with Crippen LogP contribution in [0.15, 0.2) is 40.5 Å². The van der Waals surface area contributed by atoms with Crippen LogP contribution in [-0.4, -0.2) is 20.1 Å². The maximum Gasteiger partial charge on any atom is 0.293 e. The summed E-state index contributed by atoms with van der Waals surface area (Å²) in [4.78, 5) is 21.6. The zero-order valence-electron chi connectivity index (χ0n) is 8.25. The maximum absolute atomic E-state index is 11.1. The van der Waals surface area contributed by atoms with Crippen molar-refractivity contribution in [1.29, 1.82) is 0 Å². The molecule has 0 fully saturated rings. The molecule has 2 N–H and O–H groups in total. The SMILES string of the molecule is O=c1[nH]c(SCc2ccccn2)ncc1O. The molecule has 2 aromatic rings. The van der Waals surface area contributed by atoms with Crippen molar-refractivity contribution in [3.8, 4) is 5.75 Å². The number of hydrogen-bond acceptors (Lipinski definition) is 5. The summed E-state index contributed by atoms with van der Waals surface area (Å²) in [5.41, 5.74) is 0.377. The molecule has 82 valence electrons. The first-order valence-electron chi connectivity index (χ1n) is 4.57. The average molecular weight is 235 g/mol. The third-order valence-electron chi connectivity index (χ3n) is 1.84. The molecule has 0 aliphatic carbocycles. The summed E-state index contributed by atoms with van der Waals surface area (Å²) in [5, 5.41) is 9.47. The Kier molecular flexibility index (Phi) is 3.21. The van der Waals surface area contributed by atoms with E-state index in [9.17, 15) is 4.79 Å². The van der Waals surface area contributed by atoms with Gasteiger partial charge in [0.15, 0.2) is 10.9 Å². The van der Waals surface area contributed by atoms with Gasteiger partial charge in [0.05, 0.1) is 11.9 Å². The molecule has 0 aromatic carbocycles. The summed E-state index contributed by atoms with van der Waals surface area (Å²) in [6.45, 7) is 0. The largest absolute Gasteiger partial charge is 0.502 e. The van der Waals surface area contributed by atoms with E-state index in [1.54, 1.807) is 6.20 Å². The van der Waals surface area contributed by atoms with E-state index in [1.165, 1.54) is 11.8 Å². The molecule has 0 saturated carbocycles. The highest BCUT2D eigenvalue weighted by atomic mass is 32.2. The quantitative estimate of drug-likeness (QED) is 0.616. The molecule has 16 heavy (non-hydrogen) atoms. The van der Waals surface area contributed by atoms with Crippen LogP contribution in [0.2, 0.25) is 0 Å². The molecular formula is C10H9N3O2S. The van der Waals surface area contributed by atoms with Crippen molar-refractivity contribution in [3.05, 3.63) is 46.6 Å². The summed E-state index contributed by atoms with van der Waals surface area (Å²) in [7, 11) is 0. The minimum atomic E-state index is -0.529. The minimum Gasteiger partial charge on any atom is -0.502 e. The van der Waals surface area contributed by atoms with Crippen LogP contribution in [0.5, 0.6) is 5.75 Å². The number of aromatic amines is 1. The van der Waals surface area contributed by atoms with E-state index in [-0.39, 0.29) is 5.75 Å². The number of nitrogens with one attached hydrogen (secondary N) is 1. The number of pyridine rings is 1. The van der Waals surface area contributed by atoms with Crippen LogP contribution in [0, 0.1) is 0 Å². The Labute approximate surface area is 95.6 Å². The van der Waals surface area contributed by atoms with Gasteiger partial charge < -0.3 is 5.11 Å². The summed E-state index contributed by atoms with van der Waals surface area (Å²) < 4.78 is 0. The minimum absolute atomic E-state index is 0.373. The van der Waals surface area contributed by atoms with E-state index in [1.807, 2.05) is 18.2 Å². The van der Waals surface area contributed by atoms with Gasteiger partial charge in [-0.3, -0.25) is 14.8 Å². The first-order chi connectivity index (χ1) is 7.75. The number of thioether (sulfide) groups is 1. The smallest absolute Gasteiger partial charge is 0.293 e. The Morgan fingerprint density at radius 3 is 2.94 bits per heavy atom. The van der Waals surface area contributed by atoms with Crippen LogP contribution in [0.25, 0.3) is 0 Å². The Bertz CT molecular complexity index is 527. The topological polar surface area (TPSA) is 78.9 Å². The molecule has 6 heteroatoms. The summed E-state index contributed by atoms with van der Waals surface area (Å²) >= 11 is 1.36. The molecule has 0 unspecified atom stereocenters. The van der Waals surface area contributed by atoms with E-state index < -0.39 is 5.56 Å². The van der Waals surface area contributed by atoms with Crippen LogP contribution in [-0.2, 0) is 5.75 Å². The Morgan fingerprint density at radius 2 is 2.25 bits per heavy atom. The summed E-state index contributed by atoms with van der Waals surface area (Å²) in [6, 6.07) is 5.64. The predicted octanol–water partition coefficient (Wildman–Crippen LogP) is 1.16. The van der Waals surface area contributed by atoms with Gasteiger partial charge in [0.25, 0.3) is 5.56 Å². The van der Waals surface area contributed by atoms with E-state index >= 15 is 0 Å². The summed E-state index contributed by atoms with van der Waals surface area (Å²) in [5.74, 6) is 0.247. The van der Waals surface area contributed by atoms with E-state index in [4.69, 9.17) is 5.11 Å². The lowest BCUT2D eigenvalue weighted by molar-refractivity contribution is 0.460. The van der Waals surface area contributed by atoms with Crippen molar-refractivity contribution in [2.45, 2.75) is 10.9 Å². The van der Waals surface area contributed by atoms with Crippen LogP contribution in [0.3, 0.4) is 0 Å². The Morgan fingerprint density at radius 1 is 1.38 bits per heavy atom. The number of hydrogen-bond donors (Lipinski definition) is 2. The van der Waals surface area contributed by atoms with Gasteiger partial charge in [-0.2, -0.15) is 0 Å². The zero-order chi connectivity index (χ0) is 11.4. The number of aromatic nitrogens is 3. The third-order valence-corrected chi connectivity index (χ3v) is 2.76. The van der Waals surface area contributed by atoms with Gasteiger partial charge in [0.2, 0.25) is 0 Å². The molecule has 2 heterocycles. The van der Waals surface area contributed by atoms with Gasteiger partial charge in [-0.15, -0.1) is 0 Å². The highest BCUT2D eigenvalue weighted by Crippen LogP contribution is 2.16. The van der Waals surface area contributed by atoms with Crippen molar-refractivity contribution >= 4 is 11.8 Å². The number of H-pyrrole nitrogens is 1. The molecule has 0 bridgehead atoms. The molecule has 2 aromatic heterocycles. The Hall–Kier alpha value is -1.82. The first-order valence-corrected chi connectivity index (χ1v) is 5.55. The normalized spacial score (nSPS) is 10.2. The van der Waals surface area contributed by atoms with Crippen molar-refractivity contribution in [1.82, 2.24) is 15.0 Å². The second-order valence-corrected chi connectivity index (χ2v) is 3.98. The molecule has 0 radical (unpaired) electrons. The lowest BCUT2D eigenvalue weighted by Gasteiger charge is -1.99. The molecule has 0 aliphatic rings. The van der Waals surface area contributed by atoms with Gasteiger partial charge in [-0.05, 0) is 12.1 Å². The molecule has 2 rings (SSSR count). The van der Waals surface area contributed by atoms with Crippen molar-refractivity contribution in [2.24, 2.45) is 0 Å². The van der Waals surface area contributed by atoms with Gasteiger partial charge in [0, 0.05) is 11.9 Å². The zero-order valence-corrected chi connectivity index (χ0v) is 9.07. The second kappa shape index (κ2) is 4.80. The van der Waals surface area contributed by atoms with Crippen LogP contribution >= 0.6 is 11.8 Å². The monoisotopic (exact) mass is 235 g/mol. The van der Waals surface area contributed by atoms with E-state index in [0.29, 0.717) is 10.9 Å². The maximum atomic E-state index is 11.1. The molecule has 0 aliphatic heterocycles. The fourth-order valence-electron chi connectivity index (χ4n) is 1.07. The van der Waals surface area contributed by atoms with Gasteiger partial charge in [0.1, 0.15) is 0 Å². The van der Waals surface area contributed by atoms with Gasteiger partial charge in [-0.1, -0.05) is 17.8 Å². The van der Waals surface area contributed by atoms with Crippen molar-refractivity contribution < 1.29 is 5.11 Å². The van der Waals surface area contributed by atoms with Crippen LogP contribution in [0.4, 0.5) is 0 Å². The number of nitrogens with zero attached hydrogens (tertiary/aromatic N) is 2. The fourth-order valence-corrected chi connectivity index (χ4v) is 1.82.